The molecule has 1 unspecified atom stereocenters. The van der Waals surface area contributed by atoms with Crippen molar-refractivity contribution in [2.24, 2.45) is 0 Å². The van der Waals surface area contributed by atoms with Crippen molar-refractivity contribution in [3.05, 3.63) is 107 Å². The molecule has 0 aliphatic carbocycles. The number of hydrogen-bond donors (Lipinski definition) is 0. The Labute approximate surface area is 192 Å². The van der Waals surface area contributed by atoms with Gasteiger partial charge in [0.25, 0.3) is 0 Å². The molecule has 0 nitrogen and oxygen atoms in total. The van der Waals surface area contributed by atoms with Gasteiger partial charge in [-0.2, -0.15) is 0 Å². The third kappa shape index (κ3) is 7.58. The third-order valence-electron chi connectivity index (χ3n) is 6.30. The van der Waals surface area contributed by atoms with Gasteiger partial charge in [0.1, 0.15) is 12.0 Å². The van der Waals surface area contributed by atoms with E-state index in [9.17, 15) is 8.78 Å². The Morgan fingerprint density at radius 1 is 0.719 bits per heavy atom. The lowest BCUT2D eigenvalue weighted by molar-refractivity contribution is 0.279. The number of aryl methyl sites for hydroxylation is 2. The van der Waals surface area contributed by atoms with Crippen LogP contribution < -0.4 is 0 Å². The summed E-state index contributed by atoms with van der Waals surface area (Å²) in [6.45, 7) is 2.18. The zero-order valence-corrected chi connectivity index (χ0v) is 19.3. The van der Waals surface area contributed by atoms with Crippen LogP contribution in [0.4, 0.5) is 8.78 Å². The summed E-state index contributed by atoms with van der Waals surface area (Å²) in [4.78, 5) is 0. The van der Waals surface area contributed by atoms with Crippen molar-refractivity contribution in [1.82, 2.24) is 0 Å². The molecule has 0 bridgehead atoms. The van der Waals surface area contributed by atoms with Crippen LogP contribution in [0.1, 0.15) is 80.0 Å². The van der Waals surface area contributed by atoms with E-state index < -0.39 is 6.17 Å². The number of alkyl halides is 1. The minimum absolute atomic E-state index is 0.0603. The lowest BCUT2D eigenvalue weighted by Gasteiger charge is -2.20. The second-order valence-electron chi connectivity index (χ2n) is 8.84. The summed E-state index contributed by atoms with van der Waals surface area (Å²) in [5.74, 6) is -0.0471. The van der Waals surface area contributed by atoms with Gasteiger partial charge in [-0.3, -0.25) is 0 Å². The van der Waals surface area contributed by atoms with Gasteiger partial charge >= 0.3 is 0 Å². The van der Waals surface area contributed by atoms with Crippen LogP contribution in [0.25, 0.3) is 0 Å². The first-order valence-corrected chi connectivity index (χ1v) is 12.2. The van der Waals surface area contributed by atoms with Crippen LogP contribution in [0.15, 0.2) is 78.9 Å². The highest BCUT2D eigenvalue weighted by molar-refractivity contribution is 5.32. The van der Waals surface area contributed by atoms with E-state index in [1.165, 1.54) is 12.8 Å². The van der Waals surface area contributed by atoms with E-state index in [1.807, 2.05) is 42.5 Å². The number of halogens is 2. The quantitative estimate of drug-likeness (QED) is 0.236. The third-order valence-corrected chi connectivity index (χ3v) is 6.30. The number of rotatable bonds is 13. The normalized spacial score (nSPS) is 12.2. The maximum Gasteiger partial charge on any atom is 0.126 e. The fraction of sp³-hybridized carbons (Fsp3) is 0.400. The first kappa shape index (κ1) is 24.2. The lowest BCUT2D eigenvalue weighted by Crippen LogP contribution is -2.10. The number of benzene rings is 3. The largest absolute Gasteiger partial charge is 0.247 e. The fourth-order valence-corrected chi connectivity index (χ4v) is 4.42. The molecule has 170 valence electrons. The summed E-state index contributed by atoms with van der Waals surface area (Å²) in [5, 5.41) is 0. The predicted molar refractivity (Wildman–Crippen MR) is 131 cm³/mol. The van der Waals surface area contributed by atoms with Crippen LogP contribution in [0, 0.1) is 5.82 Å². The zero-order valence-electron chi connectivity index (χ0n) is 19.3. The first-order chi connectivity index (χ1) is 15.7. The summed E-state index contributed by atoms with van der Waals surface area (Å²) in [6, 6.07) is 26.0. The molecule has 3 rings (SSSR count). The molecule has 0 N–H and O–H groups in total. The molecule has 0 amide bonds. The number of hydrogen-bond acceptors (Lipinski definition) is 0. The van der Waals surface area contributed by atoms with Crippen molar-refractivity contribution in [3.8, 4) is 0 Å². The van der Waals surface area contributed by atoms with Gasteiger partial charge in [-0.15, -0.1) is 0 Å². The Morgan fingerprint density at radius 3 is 1.94 bits per heavy atom. The monoisotopic (exact) mass is 434 g/mol. The summed E-state index contributed by atoms with van der Waals surface area (Å²) in [5.41, 5.74) is 4.15. The Morgan fingerprint density at radius 2 is 1.34 bits per heavy atom. The molecule has 0 aliphatic rings. The molecule has 32 heavy (non-hydrogen) atoms. The van der Waals surface area contributed by atoms with Crippen LogP contribution in [0.2, 0.25) is 0 Å². The summed E-state index contributed by atoms with van der Waals surface area (Å²) in [7, 11) is 0. The predicted octanol–water partition coefficient (Wildman–Crippen LogP) is 8.83. The van der Waals surface area contributed by atoms with Gasteiger partial charge < -0.3 is 0 Å². The lowest BCUT2D eigenvalue weighted by atomic mass is 9.86. The second-order valence-corrected chi connectivity index (χ2v) is 8.84. The van der Waals surface area contributed by atoms with Crippen molar-refractivity contribution in [1.29, 1.82) is 0 Å². The molecule has 3 aromatic carbocycles. The highest BCUT2D eigenvalue weighted by atomic mass is 19.1. The maximum atomic E-state index is 15.0. The maximum absolute atomic E-state index is 15.0. The smallest absolute Gasteiger partial charge is 0.126 e. The molecule has 0 aliphatic heterocycles. The number of unbranched alkanes of at least 4 members (excludes halogenated alkanes) is 3. The Bertz CT molecular complexity index is 865. The molecule has 0 saturated carbocycles. The Kier molecular flexibility index (Phi) is 9.94. The van der Waals surface area contributed by atoms with Gasteiger partial charge in [-0.25, -0.2) is 8.78 Å². The molecule has 2 heteroatoms. The van der Waals surface area contributed by atoms with Gasteiger partial charge in [-0.1, -0.05) is 99.0 Å². The molecule has 0 fully saturated rings. The average molecular weight is 435 g/mol. The molecule has 0 heterocycles. The SMILES string of the molecule is CCCCCc1ccc(CCCCC(F)CC(c2ccccc2)c2ccccc2)c(F)c1. The van der Waals surface area contributed by atoms with E-state index in [1.54, 1.807) is 6.07 Å². The van der Waals surface area contributed by atoms with E-state index in [-0.39, 0.29) is 11.7 Å². The second kappa shape index (κ2) is 13.2. The zero-order chi connectivity index (χ0) is 22.6. The summed E-state index contributed by atoms with van der Waals surface area (Å²) >= 11 is 0. The van der Waals surface area contributed by atoms with E-state index in [0.29, 0.717) is 19.3 Å². The van der Waals surface area contributed by atoms with Gasteiger partial charge in [0.05, 0.1) is 0 Å². The molecule has 0 saturated heterocycles. The van der Waals surface area contributed by atoms with Crippen LogP contribution in [0.5, 0.6) is 0 Å². The molecule has 3 aromatic rings. The highest BCUT2D eigenvalue weighted by Crippen LogP contribution is 2.31. The van der Waals surface area contributed by atoms with Gasteiger partial charge in [0.15, 0.2) is 0 Å². The average Bonchev–Trinajstić information content (AvgIpc) is 2.82. The van der Waals surface area contributed by atoms with Crippen molar-refractivity contribution in [2.45, 2.75) is 76.8 Å². The standard InChI is InChI=1S/C30H36F2/c1-2-3-6-13-24-20-21-27(30(32)22-24)18-11-12-19-28(31)23-29(25-14-7-4-8-15-25)26-16-9-5-10-17-26/h4-5,7-10,14-17,20-22,28-29H,2-3,6,11-13,18-19,23H2,1H3. The van der Waals surface area contributed by atoms with Crippen molar-refractivity contribution in [3.63, 3.8) is 0 Å². The van der Waals surface area contributed by atoms with Gasteiger partial charge in [-0.05, 0) is 66.8 Å². The van der Waals surface area contributed by atoms with E-state index in [0.717, 1.165) is 47.9 Å². The molecule has 0 aromatic heterocycles. The highest BCUT2D eigenvalue weighted by Gasteiger charge is 2.19. The van der Waals surface area contributed by atoms with Crippen LogP contribution in [0.3, 0.4) is 0 Å². The molecular formula is C30H36F2. The van der Waals surface area contributed by atoms with E-state index in [4.69, 9.17) is 0 Å². The van der Waals surface area contributed by atoms with Crippen LogP contribution >= 0.6 is 0 Å². The van der Waals surface area contributed by atoms with E-state index >= 15 is 0 Å². The van der Waals surface area contributed by atoms with Crippen LogP contribution in [-0.2, 0) is 12.8 Å². The Hall–Kier alpha value is -2.48. The first-order valence-electron chi connectivity index (χ1n) is 12.2. The molecular weight excluding hydrogens is 398 g/mol. The van der Waals surface area contributed by atoms with Crippen LogP contribution in [-0.4, -0.2) is 6.17 Å². The topological polar surface area (TPSA) is 0 Å². The molecule has 0 spiro atoms. The van der Waals surface area contributed by atoms with Crippen molar-refractivity contribution < 1.29 is 8.78 Å². The molecule has 0 radical (unpaired) electrons. The molecule has 1 atom stereocenters. The van der Waals surface area contributed by atoms with Gasteiger partial charge in [0.2, 0.25) is 0 Å². The minimum Gasteiger partial charge on any atom is -0.247 e. The fourth-order valence-electron chi connectivity index (χ4n) is 4.42. The summed E-state index contributed by atoms with van der Waals surface area (Å²) < 4.78 is 29.4. The van der Waals surface area contributed by atoms with E-state index in [2.05, 4.69) is 37.3 Å². The van der Waals surface area contributed by atoms with Crippen molar-refractivity contribution >= 4 is 0 Å². The minimum atomic E-state index is -0.869. The Balaban J connectivity index is 1.48. The van der Waals surface area contributed by atoms with Crippen molar-refractivity contribution in [2.75, 3.05) is 0 Å². The summed E-state index contributed by atoms with van der Waals surface area (Å²) in [6.07, 6.45) is 6.81. The van der Waals surface area contributed by atoms with Gasteiger partial charge in [0, 0.05) is 5.92 Å².